The minimum Gasteiger partial charge on any atom is -0.482 e. The molecule has 3 aromatic rings. The van der Waals surface area contributed by atoms with Crippen LogP contribution < -0.4 is 15.8 Å². The molecule has 1 aliphatic heterocycles. The average molecular weight is 436 g/mol. The first-order valence-electron chi connectivity index (χ1n) is 10.1. The SMILES string of the molecule is CCN/C1=C(\N=N)Cc2cc(F)cnc2-c2ccc(F)cc2[C@@H](C)Oc2cc1cnc2N. The lowest BCUT2D eigenvalue weighted by Gasteiger charge is -2.22. The van der Waals surface area contributed by atoms with E-state index in [1.807, 2.05) is 6.92 Å². The van der Waals surface area contributed by atoms with Crippen molar-refractivity contribution in [1.82, 2.24) is 15.3 Å². The highest BCUT2D eigenvalue weighted by atomic mass is 19.1. The molecule has 0 aliphatic carbocycles. The number of nitrogen functional groups attached to an aromatic ring is 1. The highest BCUT2D eigenvalue weighted by Gasteiger charge is 2.23. The molecule has 4 rings (SSSR count). The molecule has 2 aromatic heterocycles. The van der Waals surface area contributed by atoms with Crippen molar-refractivity contribution in [3.8, 4) is 17.0 Å². The van der Waals surface area contributed by atoms with E-state index in [1.54, 1.807) is 25.3 Å². The first-order chi connectivity index (χ1) is 15.4. The van der Waals surface area contributed by atoms with E-state index in [4.69, 9.17) is 16.0 Å². The van der Waals surface area contributed by atoms with Gasteiger partial charge in [0.1, 0.15) is 17.7 Å². The van der Waals surface area contributed by atoms with Crippen molar-refractivity contribution in [3.63, 3.8) is 0 Å². The maximum Gasteiger partial charge on any atom is 0.166 e. The number of nitrogens with zero attached hydrogens (tertiary/aromatic N) is 3. The van der Waals surface area contributed by atoms with Gasteiger partial charge >= 0.3 is 0 Å². The summed E-state index contributed by atoms with van der Waals surface area (Å²) < 4.78 is 34.5. The van der Waals surface area contributed by atoms with E-state index in [0.29, 0.717) is 51.6 Å². The topological polar surface area (TPSA) is 109 Å². The highest BCUT2D eigenvalue weighted by Crippen LogP contribution is 2.37. The van der Waals surface area contributed by atoms with Crippen LogP contribution in [0.1, 0.15) is 36.6 Å². The van der Waals surface area contributed by atoms with Gasteiger partial charge in [-0.25, -0.2) is 19.3 Å². The number of hydrogen-bond donors (Lipinski definition) is 3. The standard InChI is InChI=1S/C23H22F2N6O/c1-3-28-22-14-8-20(23(26)30-10-14)32-12(2)18-9-15(24)4-5-17(18)21-13(7-19(22)31-27)6-16(25)11-29-21/h4-6,8-12,27-28H,3,7H2,1-2H3,(H2,26,30)/b22-19-,31-27?/t12-/m1/s1. The normalized spacial score (nSPS) is 17.8. The molecule has 1 aromatic carbocycles. The third-order valence-electron chi connectivity index (χ3n) is 5.25. The molecule has 3 heterocycles. The second-order valence-corrected chi connectivity index (χ2v) is 7.40. The van der Waals surface area contributed by atoms with Crippen LogP contribution in [0, 0.1) is 17.2 Å². The van der Waals surface area contributed by atoms with E-state index in [-0.39, 0.29) is 12.2 Å². The summed E-state index contributed by atoms with van der Waals surface area (Å²) in [5, 5.41) is 6.94. The van der Waals surface area contributed by atoms with E-state index in [1.165, 1.54) is 18.2 Å². The minimum atomic E-state index is -0.605. The number of ether oxygens (including phenoxy) is 1. The molecule has 7 nitrogen and oxygen atoms in total. The van der Waals surface area contributed by atoms with E-state index in [9.17, 15) is 8.78 Å². The monoisotopic (exact) mass is 436 g/mol. The van der Waals surface area contributed by atoms with Gasteiger partial charge in [0.15, 0.2) is 11.6 Å². The number of nitrogens with two attached hydrogens (primary N) is 1. The first kappa shape index (κ1) is 21.4. The Balaban J connectivity index is 2.05. The Kier molecular flexibility index (Phi) is 5.81. The number of hydrogen-bond acceptors (Lipinski definition) is 7. The van der Waals surface area contributed by atoms with Crippen molar-refractivity contribution in [2.45, 2.75) is 26.4 Å². The third-order valence-corrected chi connectivity index (χ3v) is 5.25. The molecule has 0 fully saturated rings. The molecular weight excluding hydrogens is 414 g/mol. The average Bonchev–Trinajstić information content (AvgIpc) is 2.77. The van der Waals surface area contributed by atoms with E-state index in [2.05, 4.69) is 20.4 Å². The van der Waals surface area contributed by atoms with Crippen LogP contribution in [-0.4, -0.2) is 16.5 Å². The molecule has 0 radical (unpaired) electrons. The Labute approximate surface area is 183 Å². The molecular formula is C23H22F2N6O. The van der Waals surface area contributed by atoms with Crippen LogP contribution in [0.25, 0.3) is 17.0 Å². The van der Waals surface area contributed by atoms with Crippen LogP contribution in [0.5, 0.6) is 5.75 Å². The Morgan fingerprint density at radius 1 is 1.19 bits per heavy atom. The zero-order valence-electron chi connectivity index (χ0n) is 17.6. The lowest BCUT2D eigenvalue weighted by Crippen LogP contribution is -2.16. The number of pyridine rings is 2. The van der Waals surface area contributed by atoms with Gasteiger partial charge in [0.2, 0.25) is 0 Å². The summed E-state index contributed by atoms with van der Waals surface area (Å²) in [6.45, 7) is 4.24. The highest BCUT2D eigenvalue weighted by molar-refractivity contribution is 5.72. The van der Waals surface area contributed by atoms with Crippen molar-refractivity contribution in [1.29, 1.82) is 5.53 Å². The number of nitrogens with one attached hydrogen (secondary N) is 2. The number of anilines is 1. The van der Waals surface area contributed by atoms with Gasteiger partial charge in [-0.3, -0.25) is 4.98 Å². The van der Waals surface area contributed by atoms with Gasteiger partial charge in [-0.05, 0) is 49.7 Å². The zero-order chi connectivity index (χ0) is 22.8. The van der Waals surface area contributed by atoms with Gasteiger partial charge in [-0.1, -0.05) is 0 Å². The summed E-state index contributed by atoms with van der Waals surface area (Å²) in [7, 11) is 0. The molecule has 4 N–H and O–H groups in total. The van der Waals surface area contributed by atoms with E-state index < -0.39 is 17.7 Å². The van der Waals surface area contributed by atoms with Gasteiger partial charge in [-0.15, -0.1) is 0 Å². The van der Waals surface area contributed by atoms with Crippen molar-refractivity contribution in [2.24, 2.45) is 5.11 Å². The predicted molar refractivity (Wildman–Crippen MR) is 117 cm³/mol. The van der Waals surface area contributed by atoms with Crippen LogP contribution in [0.3, 0.4) is 0 Å². The maximum atomic E-state index is 14.2. The fraction of sp³-hybridized carbons (Fsp3) is 0.217. The molecule has 1 aliphatic rings. The number of halogens is 2. The summed E-state index contributed by atoms with van der Waals surface area (Å²) in [6, 6.07) is 7.33. The quantitative estimate of drug-likeness (QED) is 0.500. The molecule has 9 heteroatoms. The number of aromatic nitrogens is 2. The van der Waals surface area contributed by atoms with Gasteiger partial charge in [0, 0.05) is 35.9 Å². The lowest BCUT2D eigenvalue weighted by molar-refractivity contribution is 0.227. The maximum absolute atomic E-state index is 14.2. The number of benzene rings is 1. The number of allylic oxidation sites excluding steroid dienone is 1. The first-order valence-corrected chi connectivity index (χ1v) is 10.1. The van der Waals surface area contributed by atoms with Gasteiger partial charge in [-0.2, -0.15) is 5.11 Å². The Hall–Kier alpha value is -3.88. The summed E-state index contributed by atoms with van der Waals surface area (Å²) in [6.07, 6.45) is 2.18. The molecule has 2 bridgehead atoms. The lowest BCUT2D eigenvalue weighted by atomic mass is 9.94. The van der Waals surface area contributed by atoms with Crippen LogP contribution in [-0.2, 0) is 6.42 Å². The van der Waals surface area contributed by atoms with Crippen molar-refractivity contribution in [3.05, 3.63) is 76.7 Å². The van der Waals surface area contributed by atoms with Gasteiger partial charge < -0.3 is 15.8 Å². The molecule has 0 amide bonds. The van der Waals surface area contributed by atoms with Crippen LogP contribution in [0.15, 0.2) is 53.5 Å². The van der Waals surface area contributed by atoms with Crippen molar-refractivity contribution < 1.29 is 13.5 Å². The predicted octanol–water partition coefficient (Wildman–Crippen LogP) is 5.01. The zero-order valence-corrected chi connectivity index (χ0v) is 17.6. The Bertz CT molecular complexity index is 1230. The number of fused-ring (bicyclic) bond motifs is 5. The van der Waals surface area contributed by atoms with Gasteiger partial charge in [0.05, 0.1) is 23.3 Å². The Morgan fingerprint density at radius 3 is 2.75 bits per heavy atom. The van der Waals surface area contributed by atoms with Crippen LogP contribution in [0.2, 0.25) is 0 Å². The fourth-order valence-electron chi connectivity index (χ4n) is 3.80. The molecule has 0 unspecified atom stereocenters. The summed E-state index contributed by atoms with van der Waals surface area (Å²) >= 11 is 0. The minimum absolute atomic E-state index is 0.123. The van der Waals surface area contributed by atoms with Gasteiger partial charge in [0.25, 0.3) is 0 Å². The molecule has 0 saturated carbocycles. The van der Waals surface area contributed by atoms with Crippen LogP contribution >= 0.6 is 0 Å². The molecule has 0 saturated heterocycles. The van der Waals surface area contributed by atoms with Crippen LogP contribution in [0.4, 0.5) is 14.6 Å². The van der Waals surface area contributed by atoms with Crippen molar-refractivity contribution >= 4 is 11.5 Å². The molecule has 1 atom stereocenters. The second-order valence-electron chi connectivity index (χ2n) is 7.40. The third kappa shape index (κ3) is 4.01. The Morgan fingerprint density at radius 2 is 2.00 bits per heavy atom. The molecule has 164 valence electrons. The summed E-state index contributed by atoms with van der Waals surface area (Å²) in [4.78, 5) is 8.53. The largest absolute Gasteiger partial charge is 0.482 e. The fourth-order valence-corrected chi connectivity index (χ4v) is 3.80. The molecule has 32 heavy (non-hydrogen) atoms. The summed E-state index contributed by atoms with van der Waals surface area (Å²) in [5.41, 5.74) is 17.5. The van der Waals surface area contributed by atoms with E-state index in [0.717, 1.165) is 6.20 Å². The van der Waals surface area contributed by atoms with E-state index >= 15 is 0 Å². The second kappa shape index (κ2) is 8.70. The summed E-state index contributed by atoms with van der Waals surface area (Å²) in [5.74, 6) is -0.463. The van der Waals surface area contributed by atoms with Crippen molar-refractivity contribution in [2.75, 3.05) is 12.3 Å². The number of rotatable bonds is 3. The smallest absolute Gasteiger partial charge is 0.166 e. The molecule has 0 spiro atoms.